The Bertz CT molecular complexity index is 1910. The maximum atomic E-state index is 13.1. The molecule has 0 aromatic carbocycles. The van der Waals surface area contributed by atoms with E-state index in [0.717, 1.165) is 95.8 Å². The van der Waals surface area contributed by atoms with Gasteiger partial charge in [-0.2, -0.15) is 0 Å². The summed E-state index contributed by atoms with van der Waals surface area (Å²) in [7, 11) is -9.92. The normalized spacial score (nSPS) is 14.1. The number of unbranched alkanes of at least 4 members (excludes halogenated alkanes) is 52. The summed E-state index contributed by atoms with van der Waals surface area (Å²) in [5.74, 6) is -1.34. The second kappa shape index (κ2) is 73.9. The van der Waals surface area contributed by atoms with Crippen molar-refractivity contribution in [2.75, 3.05) is 39.6 Å². The molecule has 0 heterocycles. The van der Waals surface area contributed by atoms with E-state index in [1.54, 1.807) is 0 Å². The highest BCUT2D eigenvalue weighted by atomic mass is 31.2. The van der Waals surface area contributed by atoms with E-state index in [1.807, 2.05) is 0 Å². The van der Waals surface area contributed by atoms with Crippen LogP contribution in [0.4, 0.5) is 0 Å². The number of hydrogen-bond acceptors (Lipinski definition) is 15. The molecule has 19 heteroatoms. The van der Waals surface area contributed by atoms with Gasteiger partial charge in [0.1, 0.15) is 19.3 Å². The van der Waals surface area contributed by atoms with E-state index in [2.05, 4.69) is 34.6 Å². The van der Waals surface area contributed by atoms with Crippen LogP contribution < -0.4 is 0 Å². The highest BCUT2D eigenvalue weighted by molar-refractivity contribution is 7.47. The number of carbonyl (C=O) groups excluding carboxylic acids is 4. The lowest BCUT2D eigenvalue weighted by Crippen LogP contribution is -2.30. The molecule has 0 amide bonds. The van der Waals surface area contributed by atoms with Crippen molar-refractivity contribution in [3.8, 4) is 0 Å². The van der Waals surface area contributed by atoms with Crippen LogP contribution in [0.25, 0.3) is 0 Å². The molecule has 0 aliphatic heterocycles. The standard InChI is InChI=1S/C81H158O17P2/c1-6-10-13-16-19-22-25-27-29-31-32-33-35-37-39-42-45-51-56-61-66-80(85)97-76(70-92-79(84)65-60-55-50-44-41-38-36-34-30-28-26-23-20-17-14-11-7-2)72-95-99(87,88)93-68-75(82)69-94-100(89,90)96-73-77(71-91-78(83)64-59-54-49-43-40-24-21-18-15-12-8-3)98-81(86)67-62-57-52-47-46-48-53-58-63-74(5)9-4/h74-77,82H,6-73H2,1-5H3,(H,87,88)(H,89,90)/t74?,75-,76-,77-/m1/s1. The lowest BCUT2D eigenvalue weighted by atomic mass is 9.99. The Morgan fingerprint density at radius 3 is 0.710 bits per heavy atom. The molecule has 17 nitrogen and oxygen atoms in total. The molecule has 0 aromatic heterocycles. The molecule has 0 rings (SSSR count). The van der Waals surface area contributed by atoms with Gasteiger partial charge in [-0.15, -0.1) is 0 Å². The summed E-state index contributed by atoms with van der Waals surface area (Å²) in [6, 6.07) is 0. The van der Waals surface area contributed by atoms with Crippen molar-refractivity contribution in [1.82, 2.24) is 0 Å². The topological polar surface area (TPSA) is 237 Å². The molecule has 100 heavy (non-hydrogen) atoms. The van der Waals surface area contributed by atoms with E-state index >= 15 is 0 Å². The fraction of sp³-hybridized carbons (Fsp3) is 0.951. The molecule has 0 saturated carbocycles. The van der Waals surface area contributed by atoms with Gasteiger partial charge in [0, 0.05) is 25.7 Å². The van der Waals surface area contributed by atoms with Crippen LogP contribution in [0.3, 0.4) is 0 Å². The van der Waals surface area contributed by atoms with Gasteiger partial charge in [-0.25, -0.2) is 9.13 Å². The molecule has 0 radical (unpaired) electrons. The van der Waals surface area contributed by atoms with Crippen molar-refractivity contribution in [1.29, 1.82) is 0 Å². The van der Waals surface area contributed by atoms with E-state index in [4.69, 9.17) is 37.0 Å². The van der Waals surface area contributed by atoms with Crippen LogP contribution in [0.15, 0.2) is 0 Å². The fourth-order valence-electron chi connectivity index (χ4n) is 12.6. The summed E-state index contributed by atoms with van der Waals surface area (Å²) in [5.41, 5.74) is 0. The van der Waals surface area contributed by atoms with E-state index in [0.29, 0.717) is 25.7 Å². The highest BCUT2D eigenvalue weighted by Gasteiger charge is 2.30. The molecular weight excluding hydrogens is 1310 g/mol. The molecule has 0 aliphatic carbocycles. The predicted molar refractivity (Wildman–Crippen MR) is 409 cm³/mol. The molecule has 0 fully saturated rings. The Morgan fingerprint density at radius 1 is 0.280 bits per heavy atom. The maximum absolute atomic E-state index is 13.1. The summed E-state index contributed by atoms with van der Waals surface area (Å²) < 4.78 is 68.7. The summed E-state index contributed by atoms with van der Waals surface area (Å²) >= 11 is 0. The Hall–Kier alpha value is -1.94. The molecule has 6 atom stereocenters. The number of phosphoric ester groups is 2. The maximum Gasteiger partial charge on any atom is 0.472 e. The van der Waals surface area contributed by atoms with Gasteiger partial charge in [0.25, 0.3) is 0 Å². The van der Waals surface area contributed by atoms with Crippen LogP contribution in [0.2, 0.25) is 0 Å². The van der Waals surface area contributed by atoms with Gasteiger partial charge in [-0.05, 0) is 31.6 Å². The Kier molecular flexibility index (Phi) is 72.5. The zero-order valence-corrected chi connectivity index (χ0v) is 67.1. The number of aliphatic hydroxyl groups is 1. The molecule has 0 aliphatic rings. The predicted octanol–water partition coefficient (Wildman–Crippen LogP) is 24.4. The van der Waals surface area contributed by atoms with Crippen LogP contribution in [-0.2, 0) is 65.4 Å². The summed E-state index contributed by atoms with van der Waals surface area (Å²) in [6.07, 6.45) is 65.2. The first-order chi connectivity index (χ1) is 48.6. The van der Waals surface area contributed by atoms with Crippen molar-refractivity contribution < 1.29 is 80.2 Å². The lowest BCUT2D eigenvalue weighted by molar-refractivity contribution is -0.161. The van der Waals surface area contributed by atoms with Gasteiger partial charge in [0.2, 0.25) is 0 Å². The second-order valence-corrected chi connectivity index (χ2v) is 32.3. The third-order valence-corrected chi connectivity index (χ3v) is 21.3. The van der Waals surface area contributed by atoms with Gasteiger partial charge >= 0.3 is 39.5 Å². The lowest BCUT2D eigenvalue weighted by Gasteiger charge is -2.21. The van der Waals surface area contributed by atoms with E-state index in [-0.39, 0.29) is 25.7 Å². The first-order valence-electron chi connectivity index (χ1n) is 42.2. The third kappa shape index (κ3) is 73.0. The van der Waals surface area contributed by atoms with Gasteiger partial charge in [0.15, 0.2) is 12.2 Å². The minimum absolute atomic E-state index is 0.106. The number of ether oxygens (including phenoxy) is 4. The number of aliphatic hydroxyl groups excluding tert-OH is 1. The van der Waals surface area contributed by atoms with E-state index in [9.17, 15) is 43.2 Å². The zero-order chi connectivity index (χ0) is 73.4. The van der Waals surface area contributed by atoms with Crippen molar-refractivity contribution in [3.63, 3.8) is 0 Å². The van der Waals surface area contributed by atoms with Crippen molar-refractivity contribution in [2.24, 2.45) is 5.92 Å². The molecule has 3 unspecified atom stereocenters. The van der Waals surface area contributed by atoms with Crippen LogP contribution in [-0.4, -0.2) is 96.7 Å². The van der Waals surface area contributed by atoms with Crippen LogP contribution in [0.5, 0.6) is 0 Å². The van der Waals surface area contributed by atoms with Gasteiger partial charge in [-0.1, -0.05) is 381 Å². The number of carbonyl (C=O) groups is 4. The molecule has 0 bridgehead atoms. The van der Waals surface area contributed by atoms with Gasteiger partial charge < -0.3 is 33.8 Å². The first kappa shape index (κ1) is 98.1. The number of esters is 4. The van der Waals surface area contributed by atoms with Crippen LogP contribution >= 0.6 is 15.6 Å². The number of rotatable bonds is 81. The van der Waals surface area contributed by atoms with E-state index in [1.165, 1.54) is 257 Å². The highest BCUT2D eigenvalue weighted by Crippen LogP contribution is 2.45. The quantitative estimate of drug-likeness (QED) is 0.0222. The molecule has 0 spiro atoms. The molecule has 594 valence electrons. The fourth-order valence-corrected chi connectivity index (χ4v) is 14.1. The number of phosphoric acid groups is 2. The Morgan fingerprint density at radius 2 is 0.480 bits per heavy atom. The first-order valence-corrected chi connectivity index (χ1v) is 45.2. The average Bonchev–Trinajstić information content (AvgIpc) is 0.982. The average molecular weight is 1470 g/mol. The molecule has 3 N–H and O–H groups in total. The van der Waals surface area contributed by atoms with Crippen LogP contribution in [0, 0.1) is 5.92 Å². The Labute approximate surface area is 613 Å². The van der Waals surface area contributed by atoms with Crippen molar-refractivity contribution in [3.05, 3.63) is 0 Å². The Balaban J connectivity index is 5.23. The monoisotopic (exact) mass is 1470 g/mol. The summed E-state index contributed by atoms with van der Waals surface area (Å²) in [5, 5.41) is 10.6. The molecular formula is C81H158O17P2. The minimum atomic E-state index is -4.96. The molecule has 0 aromatic rings. The summed E-state index contributed by atoms with van der Waals surface area (Å²) in [4.78, 5) is 73.0. The van der Waals surface area contributed by atoms with Gasteiger partial charge in [0.05, 0.1) is 26.4 Å². The largest absolute Gasteiger partial charge is 0.472 e. The smallest absolute Gasteiger partial charge is 0.462 e. The third-order valence-electron chi connectivity index (χ3n) is 19.4. The SMILES string of the molecule is CCCCCCCCCCCCCCCCCCCCCCC(=O)O[C@H](COC(=O)CCCCCCCCCCCCCCCCCCC)COP(=O)(O)OC[C@@H](O)COP(=O)(O)OC[C@@H](COC(=O)CCCCCCCCCCCCC)OC(=O)CCCCCCCCCCC(C)CC. The van der Waals surface area contributed by atoms with Crippen molar-refractivity contribution in [2.45, 2.75) is 451 Å². The second-order valence-electron chi connectivity index (χ2n) is 29.4. The summed E-state index contributed by atoms with van der Waals surface area (Å²) in [6.45, 7) is 7.32. The van der Waals surface area contributed by atoms with Gasteiger partial charge in [-0.3, -0.25) is 37.3 Å². The zero-order valence-electron chi connectivity index (χ0n) is 65.3. The minimum Gasteiger partial charge on any atom is -0.462 e. The molecule has 0 saturated heterocycles. The number of hydrogen-bond donors (Lipinski definition) is 3. The van der Waals surface area contributed by atoms with Crippen LogP contribution in [0.1, 0.15) is 433 Å². The van der Waals surface area contributed by atoms with E-state index < -0.39 is 97.5 Å². The van der Waals surface area contributed by atoms with Crippen molar-refractivity contribution >= 4 is 39.5 Å².